The largest absolute Gasteiger partial charge is 0.324 e. The first-order valence-corrected chi connectivity index (χ1v) is 7.87. The van der Waals surface area contributed by atoms with Crippen LogP contribution in [-0.2, 0) is 0 Å². The second kappa shape index (κ2) is 7.13. The summed E-state index contributed by atoms with van der Waals surface area (Å²) in [6.07, 6.45) is 8.49. The molecule has 0 saturated heterocycles. The Morgan fingerprint density at radius 3 is 2.33 bits per heavy atom. The Morgan fingerprint density at radius 2 is 1.83 bits per heavy atom. The molecule has 0 amide bonds. The lowest BCUT2D eigenvalue weighted by molar-refractivity contribution is -0.927. The van der Waals surface area contributed by atoms with Crippen LogP contribution in [0.25, 0.3) is 0 Å². The van der Waals surface area contributed by atoms with E-state index < -0.39 is 0 Å². The van der Waals surface area contributed by atoms with Gasteiger partial charge in [-0.15, -0.1) is 0 Å². The van der Waals surface area contributed by atoms with Gasteiger partial charge in [0.1, 0.15) is 0 Å². The van der Waals surface area contributed by atoms with Crippen molar-refractivity contribution >= 4 is 0 Å². The third-order valence-corrected chi connectivity index (χ3v) is 4.35. The highest BCUT2D eigenvalue weighted by molar-refractivity contribution is 5.57. The second-order valence-corrected chi connectivity index (χ2v) is 5.93. The molecule has 0 aromatic heterocycles. The van der Waals surface area contributed by atoms with E-state index in [1.165, 1.54) is 55.5 Å². The predicted molar refractivity (Wildman–Crippen MR) is 81.6 cm³/mol. The normalized spacial score (nSPS) is 18.9. The lowest BCUT2D eigenvalue weighted by Gasteiger charge is -2.38. The molecule has 18 heavy (non-hydrogen) atoms. The van der Waals surface area contributed by atoms with Crippen LogP contribution in [0.4, 0.5) is 0 Å². The highest BCUT2D eigenvalue weighted by atomic mass is 15.3. The summed E-state index contributed by atoms with van der Waals surface area (Å²) in [4.78, 5) is 0. The van der Waals surface area contributed by atoms with Gasteiger partial charge in [0.2, 0.25) is 0 Å². The highest BCUT2D eigenvalue weighted by Crippen LogP contribution is 2.34. The Bertz CT molecular complexity index is 308. The summed E-state index contributed by atoms with van der Waals surface area (Å²) in [6.45, 7) is 16.9. The Hall–Kier alpha value is -0.560. The molecule has 0 N–H and O–H groups in total. The van der Waals surface area contributed by atoms with Crippen LogP contribution in [-0.4, -0.2) is 30.7 Å². The van der Waals surface area contributed by atoms with Crippen molar-refractivity contribution in [2.75, 3.05) is 26.2 Å². The van der Waals surface area contributed by atoms with Crippen LogP contribution < -0.4 is 0 Å². The molecule has 0 radical (unpaired) electrons. The van der Waals surface area contributed by atoms with Crippen molar-refractivity contribution in [2.24, 2.45) is 5.92 Å². The third kappa shape index (κ3) is 4.28. The summed E-state index contributed by atoms with van der Waals surface area (Å²) in [7, 11) is 0. The van der Waals surface area contributed by atoms with Crippen molar-refractivity contribution in [3.8, 4) is 0 Å². The molecule has 0 saturated carbocycles. The average molecular weight is 250 g/mol. The van der Waals surface area contributed by atoms with Crippen molar-refractivity contribution in [3.63, 3.8) is 0 Å². The Labute approximate surface area is 114 Å². The van der Waals surface area contributed by atoms with Gasteiger partial charge in [0.25, 0.3) is 0 Å². The fourth-order valence-corrected chi connectivity index (χ4v) is 3.20. The molecule has 0 fully saturated rings. The quantitative estimate of drug-likeness (QED) is 0.526. The van der Waals surface area contributed by atoms with Gasteiger partial charge in [-0.1, -0.05) is 32.9 Å². The molecule has 1 heteroatoms. The summed E-state index contributed by atoms with van der Waals surface area (Å²) in [5.74, 6) is 0.811. The van der Waals surface area contributed by atoms with E-state index in [0.717, 1.165) is 5.92 Å². The minimum Gasteiger partial charge on any atom is -0.324 e. The van der Waals surface area contributed by atoms with Gasteiger partial charge >= 0.3 is 0 Å². The summed E-state index contributed by atoms with van der Waals surface area (Å²) < 4.78 is 1.30. The van der Waals surface area contributed by atoms with Gasteiger partial charge in [-0.05, 0) is 44.3 Å². The van der Waals surface area contributed by atoms with E-state index in [2.05, 4.69) is 46.8 Å². The molecular formula is C17H32N+. The monoisotopic (exact) mass is 250 g/mol. The molecule has 1 aliphatic carbocycles. The lowest BCUT2D eigenvalue weighted by atomic mass is 10.0. The van der Waals surface area contributed by atoms with E-state index in [4.69, 9.17) is 0 Å². The summed E-state index contributed by atoms with van der Waals surface area (Å²) in [5, 5.41) is 0. The lowest BCUT2D eigenvalue weighted by Crippen LogP contribution is -2.50. The minimum atomic E-state index is 0.811. The van der Waals surface area contributed by atoms with Crippen LogP contribution in [0.1, 0.15) is 53.9 Å². The molecule has 1 unspecified atom stereocenters. The van der Waals surface area contributed by atoms with E-state index in [1.807, 2.05) is 0 Å². The molecule has 0 bridgehead atoms. The number of hydrogen-bond acceptors (Lipinski definition) is 0. The van der Waals surface area contributed by atoms with Crippen LogP contribution >= 0.6 is 0 Å². The zero-order chi connectivity index (χ0) is 13.6. The Balaban J connectivity index is 2.45. The van der Waals surface area contributed by atoms with Crippen LogP contribution in [0.15, 0.2) is 23.3 Å². The molecule has 1 rings (SSSR count). The molecule has 1 nitrogen and oxygen atoms in total. The molecule has 104 valence electrons. The standard InChI is InChI=1S/C17H32N/c1-6-10-16-13-17(16)12-15(5)14-18(8-3,9-4)11-7-2/h10,13,15H,6-9,11-12,14H2,1-5H3/q+1. The van der Waals surface area contributed by atoms with Gasteiger partial charge in [-0.25, -0.2) is 0 Å². The molecule has 1 atom stereocenters. The number of quaternary nitrogens is 1. The zero-order valence-electron chi connectivity index (χ0n) is 13.1. The van der Waals surface area contributed by atoms with Gasteiger partial charge in [-0.3, -0.25) is 0 Å². The topological polar surface area (TPSA) is 0 Å². The summed E-state index contributed by atoms with van der Waals surface area (Å²) in [5.41, 5.74) is 3.15. The number of allylic oxidation sites excluding steroid dienone is 4. The van der Waals surface area contributed by atoms with Gasteiger partial charge in [-0.2, -0.15) is 0 Å². The number of rotatable bonds is 9. The fourth-order valence-electron chi connectivity index (χ4n) is 3.20. The van der Waals surface area contributed by atoms with E-state index in [-0.39, 0.29) is 0 Å². The zero-order valence-corrected chi connectivity index (χ0v) is 13.1. The van der Waals surface area contributed by atoms with Crippen molar-refractivity contribution < 1.29 is 4.48 Å². The molecule has 0 spiro atoms. The van der Waals surface area contributed by atoms with Crippen LogP contribution in [0.2, 0.25) is 0 Å². The smallest absolute Gasteiger partial charge is 0.0815 e. The maximum absolute atomic E-state index is 2.43. The summed E-state index contributed by atoms with van der Waals surface area (Å²) in [6, 6.07) is 0. The van der Waals surface area contributed by atoms with Gasteiger partial charge in [0, 0.05) is 5.92 Å². The van der Waals surface area contributed by atoms with Crippen molar-refractivity contribution in [2.45, 2.75) is 53.9 Å². The first-order chi connectivity index (χ1) is 8.60. The molecule has 0 aliphatic heterocycles. The fraction of sp³-hybridized carbons (Fsp3) is 0.765. The Kier molecular flexibility index (Phi) is 6.14. The molecular weight excluding hydrogens is 218 g/mol. The van der Waals surface area contributed by atoms with Crippen molar-refractivity contribution in [1.82, 2.24) is 0 Å². The minimum absolute atomic E-state index is 0.811. The molecule has 0 heterocycles. The van der Waals surface area contributed by atoms with Gasteiger partial charge < -0.3 is 4.48 Å². The molecule has 0 aromatic rings. The third-order valence-electron chi connectivity index (χ3n) is 4.35. The maximum atomic E-state index is 2.43. The highest BCUT2D eigenvalue weighted by Gasteiger charge is 2.27. The molecule has 1 aliphatic rings. The van der Waals surface area contributed by atoms with E-state index in [0.29, 0.717) is 0 Å². The van der Waals surface area contributed by atoms with Crippen LogP contribution in [0, 0.1) is 5.92 Å². The van der Waals surface area contributed by atoms with E-state index in [9.17, 15) is 0 Å². The van der Waals surface area contributed by atoms with Gasteiger partial charge in [0.15, 0.2) is 0 Å². The number of hydrogen-bond donors (Lipinski definition) is 0. The van der Waals surface area contributed by atoms with E-state index >= 15 is 0 Å². The van der Waals surface area contributed by atoms with Gasteiger partial charge in [0.05, 0.1) is 26.2 Å². The maximum Gasteiger partial charge on any atom is 0.0815 e. The average Bonchev–Trinajstić information content (AvgIpc) is 3.07. The Morgan fingerprint density at radius 1 is 1.17 bits per heavy atom. The van der Waals surface area contributed by atoms with Crippen LogP contribution in [0.5, 0.6) is 0 Å². The van der Waals surface area contributed by atoms with Crippen LogP contribution in [0.3, 0.4) is 0 Å². The second-order valence-electron chi connectivity index (χ2n) is 5.93. The summed E-state index contributed by atoms with van der Waals surface area (Å²) >= 11 is 0. The SMILES string of the molecule is CCC=C1C=C1CC(C)C[N+](CC)(CC)CCC. The first-order valence-electron chi connectivity index (χ1n) is 7.87. The first kappa shape index (κ1) is 15.5. The van der Waals surface area contributed by atoms with Crippen molar-refractivity contribution in [3.05, 3.63) is 23.3 Å². The van der Waals surface area contributed by atoms with Crippen molar-refractivity contribution in [1.29, 1.82) is 0 Å². The van der Waals surface area contributed by atoms with E-state index in [1.54, 1.807) is 5.57 Å². The predicted octanol–water partition coefficient (Wildman–Crippen LogP) is 4.56. The number of nitrogens with zero attached hydrogens (tertiary/aromatic N) is 1. The molecule has 0 aromatic carbocycles.